The number of carboxylic acid groups (broad SMARTS) is 1. The molecule has 3 N–H and O–H groups in total. The number of fused-ring (bicyclic) bond motifs is 1. The van der Waals surface area contributed by atoms with E-state index >= 15 is 0 Å². The maximum absolute atomic E-state index is 12.5. The Morgan fingerprint density at radius 2 is 2.07 bits per heavy atom. The molecule has 1 aliphatic rings. The summed E-state index contributed by atoms with van der Waals surface area (Å²) in [6.07, 6.45) is 0.507. The number of benzene rings is 2. The molecule has 0 aliphatic carbocycles. The van der Waals surface area contributed by atoms with Gasteiger partial charge in [0, 0.05) is 17.9 Å². The van der Waals surface area contributed by atoms with Gasteiger partial charge in [0.1, 0.15) is 5.54 Å². The van der Waals surface area contributed by atoms with Gasteiger partial charge in [-0.15, -0.1) is 0 Å². The fraction of sp³-hybridized carbons (Fsp3) is 0.368. The van der Waals surface area contributed by atoms with Crippen LogP contribution in [-0.2, 0) is 16.0 Å². The molecule has 0 spiro atoms. The molecule has 2 aromatic rings. The van der Waals surface area contributed by atoms with E-state index in [1.54, 1.807) is 0 Å². The molecule has 3 rings (SSSR count). The molecule has 1 amide bonds. The van der Waals surface area contributed by atoms with Crippen molar-refractivity contribution in [3.8, 4) is 0 Å². The third-order valence-corrected chi connectivity index (χ3v) is 4.88. The molecule has 1 aliphatic heterocycles. The monoisotopic (exact) mass is 367 g/mol. The normalized spacial score (nSPS) is 21.2. The number of hydrogen-bond acceptors (Lipinski definition) is 4. The molecule has 0 saturated carbocycles. The Morgan fingerprint density at radius 3 is 2.78 bits per heavy atom. The van der Waals surface area contributed by atoms with Crippen molar-refractivity contribution in [2.75, 3.05) is 6.54 Å². The quantitative estimate of drug-likeness (QED) is 0.411. The molecule has 8 heteroatoms. The summed E-state index contributed by atoms with van der Waals surface area (Å²) < 4.78 is 0. The lowest BCUT2D eigenvalue weighted by Crippen LogP contribution is -2.57. The minimum absolute atomic E-state index is 0.158. The van der Waals surface area contributed by atoms with Crippen molar-refractivity contribution in [1.29, 1.82) is 0 Å². The fourth-order valence-electron chi connectivity index (χ4n) is 3.37. The lowest BCUT2D eigenvalue weighted by Gasteiger charge is -2.28. The molecule has 0 bridgehead atoms. The lowest BCUT2D eigenvalue weighted by atomic mass is 9.91. The van der Waals surface area contributed by atoms with Gasteiger partial charge in [0.05, 0.1) is 12.1 Å². The van der Waals surface area contributed by atoms with Crippen molar-refractivity contribution in [2.24, 2.45) is 5.11 Å². The van der Waals surface area contributed by atoms with Gasteiger partial charge in [0.15, 0.2) is 0 Å². The first-order chi connectivity index (χ1) is 12.9. The van der Waals surface area contributed by atoms with E-state index in [1.165, 1.54) is 6.92 Å². The standard InChI is InChI=1S/C19H21N5O3/c1-19(18(26)27,22-17(25)16-9-15(11-21-16)23-24-20)10-12-6-7-13-4-2-3-5-14(13)8-12/h2-8,15-16,21H,9-11H2,1H3,(H,22,25)(H,26,27)/t15-,16-,19-/m0/s1. The van der Waals surface area contributed by atoms with Crippen LogP contribution in [0.4, 0.5) is 0 Å². The van der Waals surface area contributed by atoms with Crippen LogP contribution in [0.3, 0.4) is 0 Å². The lowest BCUT2D eigenvalue weighted by molar-refractivity contribution is -0.147. The molecule has 3 atom stereocenters. The smallest absolute Gasteiger partial charge is 0.329 e. The van der Waals surface area contributed by atoms with E-state index in [1.807, 2.05) is 42.5 Å². The van der Waals surface area contributed by atoms with E-state index in [2.05, 4.69) is 20.7 Å². The highest BCUT2D eigenvalue weighted by Gasteiger charge is 2.38. The van der Waals surface area contributed by atoms with Crippen molar-refractivity contribution in [3.63, 3.8) is 0 Å². The predicted octanol–water partition coefficient (Wildman–Crippen LogP) is 2.38. The molecular weight excluding hydrogens is 346 g/mol. The highest BCUT2D eigenvalue weighted by atomic mass is 16.4. The van der Waals surface area contributed by atoms with Crippen LogP contribution in [0.15, 0.2) is 47.6 Å². The Morgan fingerprint density at radius 1 is 1.33 bits per heavy atom. The van der Waals surface area contributed by atoms with Gasteiger partial charge in [-0.3, -0.25) is 4.79 Å². The Kier molecular flexibility index (Phi) is 5.30. The average Bonchev–Trinajstić information content (AvgIpc) is 3.10. The highest BCUT2D eigenvalue weighted by Crippen LogP contribution is 2.21. The number of nitrogens with zero attached hydrogens (tertiary/aromatic N) is 3. The van der Waals surface area contributed by atoms with E-state index < -0.39 is 23.5 Å². The van der Waals surface area contributed by atoms with Crippen LogP contribution in [0.1, 0.15) is 18.9 Å². The van der Waals surface area contributed by atoms with E-state index in [9.17, 15) is 14.7 Å². The average molecular weight is 367 g/mol. The van der Waals surface area contributed by atoms with E-state index in [0.29, 0.717) is 13.0 Å². The highest BCUT2D eigenvalue weighted by molar-refractivity contribution is 5.90. The van der Waals surface area contributed by atoms with Gasteiger partial charge in [-0.05, 0) is 35.2 Å². The van der Waals surface area contributed by atoms with Crippen LogP contribution >= 0.6 is 0 Å². The van der Waals surface area contributed by atoms with Gasteiger partial charge in [0.2, 0.25) is 5.91 Å². The van der Waals surface area contributed by atoms with Gasteiger partial charge in [-0.25, -0.2) is 4.79 Å². The van der Waals surface area contributed by atoms with Crippen LogP contribution in [0.25, 0.3) is 21.2 Å². The Labute approximate surface area is 156 Å². The number of carbonyl (C=O) groups excluding carboxylic acids is 1. The zero-order valence-electron chi connectivity index (χ0n) is 14.9. The third kappa shape index (κ3) is 4.19. The van der Waals surface area contributed by atoms with E-state index in [4.69, 9.17) is 5.53 Å². The van der Waals surface area contributed by atoms with Crippen molar-refractivity contribution >= 4 is 22.6 Å². The number of hydrogen-bond donors (Lipinski definition) is 3. The first kappa shape index (κ1) is 18.7. The summed E-state index contributed by atoms with van der Waals surface area (Å²) in [5, 5.41) is 21.1. The minimum Gasteiger partial charge on any atom is -0.480 e. The van der Waals surface area contributed by atoms with Gasteiger partial charge in [-0.1, -0.05) is 47.6 Å². The first-order valence-electron chi connectivity index (χ1n) is 8.72. The van der Waals surface area contributed by atoms with Gasteiger partial charge < -0.3 is 15.7 Å². The summed E-state index contributed by atoms with van der Waals surface area (Å²) in [5.41, 5.74) is 7.88. The summed E-state index contributed by atoms with van der Waals surface area (Å²) in [6, 6.07) is 12.7. The zero-order chi connectivity index (χ0) is 19.4. The number of carbonyl (C=O) groups is 2. The van der Waals surface area contributed by atoms with Gasteiger partial charge >= 0.3 is 5.97 Å². The van der Waals surface area contributed by atoms with Crippen molar-refractivity contribution in [2.45, 2.75) is 37.4 Å². The maximum atomic E-state index is 12.5. The SMILES string of the molecule is C[C@@](Cc1ccc2ccccc2c1)(NC(=O)[C@@H]1C[C@H](N=[N+]=[N-])CN1)C(=O)O. The first-order valence-corrected chi connectivity index (χ1v) is 8.72. The molecule has 27 heavy (non-hydrogen) atoms. The molecule has 0 aromatic heterocycles. The second-order valence-corrected chi connectivity index (χ2v) is 7.04. The van der Waals surface area contributed by atoms with Crippen LogP contribution < -0.4 is 10.6 Å². The predicted molar refractivity (Wildman–Crippen MR) is 101 cm³/mol. The number of rotatable bonds is 6. The molecular formula is C19H21N5O3. The van der Waals surface area contributed by atoms with Gasteiger partial charge in [-0.2, -0.15) is 0 Å². The molecule has 2 aromatic carbocycles. The molecule has 0 radical (unpaired) electrons. The molecule has 1 heterocycles. The van der Waals surface area contributed by atoms with Crippen LogP contribution in [-0.4, -0.2) is 41.2 Å². The molecule has 8 nitrogen and oxygen atoms in total. The van der Waals surface area contributed by atoms with E-state index in [-0.39, 0.29) is 12.5 Å². The van der Waals surface area contributed by atoms with Crippen LogP contribution in [0.2, 0.25) is 0 Å². The number of azide groups is 1. The largest absolute Gasteiger partial charge is 0.480 e. The summed E-state index contributed by atoms with van der Waals surface area (Å²) >= 11 is 0. The summed E-state index contributed by atoms with van der Waals surface area (Å²) in [5.74, 6) is -1.51. The molecule has 1 saturated heterocycles. The van der Waals surface area contributed by atoms with Crippen molar-refractivity contribution < 1.29 is 14.7 Å². The maximum Gasteiger partial charge on any atom is 0.329 e. The fourth-order valence-corrected chi connectivity index (χ4v) is 3.37. The van der Waals surface area contributed by atoms with Crippen LogP contribution in [0, 0.1) is 0 Å². The Hall–Kier alpha value is -3.09. The van der Waals surface area contributed by atoms with Gasteiger partial charge in [0.25, 0.3) is 0 Å². The van der Waals surface area contributed by atoms with Crippen LogP contribution in [0.5, 0.6) is 0 Å². The topological polar surface area (TPSA) is 127 Å². The molecule has 140 valence electrons. The molecule has 1 fully saturated rings. The van der Waals surface area contributed by atoms with E-state index in [0.717, 1.165) is 16.3 Å². The van der Waals surface area contributed by atoms with Crippen molar-refractivity contribution in [3.05, 3.63) is 58.5 Å². The van der Waals surface area contributed by atoms with Crippen molar-refractivity contribution in [1.82, 2.24) is 10.6 Å². The number of carboxylic acids is 1. The zero-order valence-corrected chi connectivity index (χ0v) is 14.9. The summed E-state index contributed by atoms with van der Waals surface area (Å²) in [4.78, 5) is 27.2. The Bertz CT molecular complexity index is 924. The Balaban J connectivity index is 1.75. The number of aliphatic carboxylic acids is 1. The molecule has 0 unspecified atom stereocenters. The third-order valence-electron chi connectivity index (χ3n) is 4.88. The summed E-state index contributed by atoms with van der Waals surface area (Å²) in [6.45, 7) is 1.90. The number of amides is 1. The number of nitrogens with one attached hydrogen (secondary N) is 2. The minimum atomic E-state index is -1.45. The second-order valence-electron chi connectivity index (χ2n) is 7.04. The second kappa shape index (κ2) is 7.65. The summed E-state index contributed by atoms with van der Waals surface area (Å²) in [7, 11) is 0.